The van der Waals surface area contributed by atoms with Gasteiger partial charge in [0.2, 0.25) is 5.56 Å². The number of aromatic amines is 1. The predicted octanol–water partition coefficient (Wildman–Crippen LogP) is 6.83. The monoisotopic (exact) mass is 628 g/mol. The van der Waals surface area contributed by atoms with Crippen LogP contribution in [0.25, 0.3) is 10.9 Å². The van der Waals surface area contributed by atoms with Crippen molar-refractivity contribution in [2.24, 2.45) is 0 Å². The molecule has 1 aromatic heterocycles. The molecule has 5 rings (SSSR count). The van der Waals surface area contributed by atoms with Crippen LogP contribution in [0.3, 0.4) is 0 Å². The van der Waals surface area contributed by atoms with Crippen LogP contribution in [-0.4, -0.2) is 61.1 Å². The Morgan fingerprint density at radius 1 is 0.957 bits per heavy atom. The minimum absolute atomic E-state index is 0.0800. The highest BCUT2D eigenvalue weighted by Gasteiger charge is 2.35. The number of pyridine rings is 1. The molecule has 1 fully saturated rings. The Kier molecular flexibility index (Phi) is 11.0. The Balaban J connectivity index is 1.18. The van der Waals surface area contributed by atoms with E-state index in [0.717, 1.165) is 51.9 Å². The van der Waals surface area contributed by atoms with Crippen LogP contribution in [0.1, 0.15) is 56.2 Å². The Morgan fingerprint density at radius 2 is 1.74 bits per heavy atom. The minimum Gasteiger partial charge on any atom is -0.496 e. The molecule has 1 saturated heterocycles. The van der Waals surface area contributed by atoms with Crippen LogP contribution in [0.4, 0.5) is 4.79 Å². The van der Waals surface area contributed by atoms with Gasteiger partial charge in [-0.2, -0.15) is 0 Å². The van der Waals surface area contributed by atoms with E-state index in [-0.39, 0.29) is 23.7 Å². The number of benzene rings is 3. The van der Waals surface area contributed by atoms with E-state index in [4.69, 9.17) is 23.7 Å². The van der Waals surface area contributed by atoms with E-state index in [2.05, 4.69) is 17.1 Å². The molecule has 0 aliphatic carbocycles. The highest BCUT2D eigenvalue weighted by molar-refractivity contribution is 5.78. The maximum Gasteiger partial charge on any atom is 0.410 e. The number of likely N-dealkylation sites (tertiary alicyclic amines) is 1. The highest BCUT2D eigenvalue weighted by Crippen LogP contribution is 2.33. The Labute approximate surface area is 270 Å². The van der Waals surface area contributed by atoms with Gasteiger partial charge in [-0.25, -0.2) is 4.79 Å². The smallest absolute Gasteiger partial charge is 0.410 e. The second kappa shape index (κ2) is 15.3. The van der Waals surface area contributed by atoms with E-state index < -0.39 is 5.60 Å². The Morgan fingerprint density at radius 3 is 2.52 bits per heavy atom. The van der Waals surface area contributed by atoms with Crippen LogP contribution in [-0.2, 0) is 27.4 Å². The molecule has 3 aromatic carbocycles. The van der Waals surface area contributed by atoms with Crippen molar-refractivity contribution in [2.45, 2.75) is 64.4 Å². The standard InChI is InChI=1S/C37H44N2O7/c1-37(2,3)46-36(41)39-19-18-31(34(23-39)45-24-26-10-11-28-14-17-35(40)38-32(28)22-26)27-12-15-30(16-13-27)44-21-7-20-43-25-29-8-5-6-9-33(29)42-4/h5-6,8-17,22,31,34H,7,18-21,23-25H2,1-4H3,(H,38,40). The summed E-state index contributed by atoms with van der Waals surface area (Å²) in [6.07, 6.45) is 0.912. The molecular weight excluding hydrogens is 584 g/mol. The van der Waals surface area contributed by atoms with Crippen LogP contribution in [0.15, 0.2) is 83.7 Å². The maximum absolute atomic E-state index is 13.0. The fraction of sp³-hybridized carbons (Fsp3) is 0.405. The molecule has 9 heteroatoms. The van der Waals surface area contributed by atoms with Crippen molar-refractivity contribution in [3.05, 3.63) is 106 Å². The van der Waals surface area contributed by atoms with E-state index in [1.807, 2.05) is 75.4 Å². The fourth-order valence-electron chi connectivity index (χ4n) is 5.62. The van der Waals surface area contributed by atoms with Crippen molar-refractivity contribution in [3.63, 3.8) is 0 Å². The zero-order valence-electron chi connectivity index (χ0n) is 27.1. The zero-order valence-corrected chi connectivity index (χ0v) is 27.1. The quantitative estimate of drug-likeness (QED) is 0.172. The molecule has 2 atom stereocenters. The lowest BCUT2D eigenvalue weighted by atomic mass is 9.87. The van der Waals surface area contributed by atoms with E-state index >= 15 is 0 Å². The third-order valence-electron chi connectivity index (χ3n) is 7.92. The van der Waals surface area contributed by atoms with E-state index in [9.17, 15) is 9.59 Å². The predicted molar refractivity (Wildman–Crippen MR) is 178 cm³/mol. The number of fused-ring (bicyclic) bond motifs is 1. The molecule has 1 N–H and O–H groups in total. The normalized spacial score (nSPS) is 16.7. The van der Waals surface area contributed by atoms with Gasteiger partial charge in [-0.15, -0.1) is 0 Å². The Hall–Kier alpha value is -4.34. The van der Waals surface area contributed by atoms with Gasteiger partial charge >= 0.3 is 6.09 Å². The number of amides is 1. The summed E-state index contributed by atoms with van der Waals surface area (Å²) in [5.74, 6) is 1.70. The van der Waals surface area contributed by atoms with E-state index in [1.54, 1.807) is 18.1 Å². The molecule has 0 saturated carbocycles. The number of ether oxygens (including phenoxy) is 5. The zero-order chi connectivity index (χ0) is 32.5. The average Bonchev–Trinajstić information content (AvgIpc) is 3.04. The fourth-order valence-corrected chi connectivity index (χ4v) is 5.62. The molecule has 1 amide bonds. The topological polar surface area (TPSA) is 99.3 Å². The van der Waals surface area contributed by atoms with E-state index in [0.29, 0.717) is 39.5 Å². The van der Waals surface area contributed by atoms with Crippen LogP contribution < -0.4 is 15.0 Å². The second-order valence-electron chi connectivity index (χ2n) is 12.6. The first-order valence-corrected chi connectivity index (χ1v) is 15.8. The number of rotatable bonds is 12. The van der Waals surface area contributed by atoms with Crippen molar-refractivity contribution >= 4 is 17.0 Å². The van der Waals surface area contributed by atoms with Crippen LogP contribution >= 0.6 is 0 Å². The van der Waals surface area contributed by atoms with Gasteiger partial charge in [0.15, 0.2) is 0 Å². The molecule has 1 aliphatic heterocycles. The van der Waals surface area contributed by atoms with Gasteiger partial charge in [0.05, 0.1) is 46.2 Å². The van der Waals surface area contributed by atoms with Gasteiger partial charge in [0.1, 0.15) is 17.1 Å². The summed E-state index contributed by atoms with van der Waals surface area (Å²) in [5, 5.41) is 0.956. The number of piperidine rings is 1. The first-order valence-electron chi connectivity index (χ1n) is 15.8. The Bertz CT molecular complexity index is 1640. The molecule has 4 aromatic rings. The number of nitrogens with one attached hydrogen (secondary N) is 1. The number of hydrogen-bond donors (Lipinski definition) is 1. The van der Waals surface area contributed by atoms with Crippen LogP contribution in [0.2, 0.25) is 0 Å². The average molecular weight is 629 g/mol. The lowest BCUT2D eigenvalue weighted by Crippen LogP contribution is -2.48. The molecule has 2 heterocycles. The number of aromatic nitrogens is 1. The number of carbonyl (C=O) groups is 1. The molecule has 0 bridgehead atoms. The number of methoxy groups -OCH3 is 1. The van der Waals surface area contributed by atoms with Crippen molar-refractivity contribution in [1.29, 1.82) is 0 Å². The van der Waals surface area contributed by atoms with Gasteiger partial charge in [-0.1, -0.05) is 42.5 Å². The third kappa shape index (κ3) is 9.11. The summed E-state index contributed by atoms with van der Waals surface area (Å²) in [5.41, 5.74) is 3.14. The second-order valence-corrected chi connectivity index (χ2v) is 12.6. The van der Waals surface area contributed by atoms with Crippen molar-refractivity contribution in [2.75, 3.05) is 33.4 Å². The number of nitrogens with zero attached hydrogens (tertiary/aromatic N) is 1. The molecular formula is C37H44N2O7. The molecule has 2 unspecified atom stereocenters. The summed E-state index contributed by atoms with van der Waals surface area (Å²) >= 11 is 0. The SMILES string of the molecule is COc1ccccc1COCCCOc1ccc(C2CCN(C(=O)OC(C)(C)C)CC2OCc2ccc3ccc(=O)[nH]c3c2)cc1. The van der Waals surface area contributed by atoms with Gasteiger partial charge in [-0.05, 0) is 74.0 Å². The molecule has 0 radical (unpaired) electrons. The van der Waals surface area contributed by atoms with Gasteiger partial charge in [0.25, 0.3) is 0 Å². The van der Waals surface area contributed by atoms with Gasteiger partial charge in [-0.3, -0.25) is 4.79 Å². The lowest BCUT2D eigenvalue weighted by Gasteiger charge is -2.39. The molecule has 244 valence electrons. The van der Waals surface area contributed by atoms with Gasteiger partial charge < -0.3 is 33.6 Å². The molecule has 9 nitrogen and oxygen atoms in total. The third-order valence-corrected chi connectivity index (χ3v) is 7.92. The number of para-hydroxylation sites is 1. The first-order chi connectivity index (χ1) is 22.2. The van der Waals surface area contributed by atoms with Crippen LogP contribution in [0, 0.1) is 0 Å². The molecule has 1 aliphatic rings. The van der Waals surface area contributed by atoms with Crippen molar-refractivity contribution in [1.82, 2.24) is 9.88 Å². The summed E-state index contributed by atoms with van der Waals surface area (Å²) in [7, 11) is 1.66. The summed E-state index contributed by atoms with van der Waals surface area (Å²) < 4.78 is 29.4. The van der Waals surface area contributed by atoms with Crippen molar-refractivity contribution in [3.8, 4) is 11.5 Å². The number of hydrogen-bond acceptors (Lipinski definition) is 7. The number of H-pyrrole nitrogens is 1. The van der Waals surface area contributed by atoms with Crippen molar-refractivity contribution < 1.29 is 28.5 Å². The largest absolute Gasteiger partial charge is 0.496 e. The first kappa shape index (κ1) is 33.0. The summed E-state index contributed by atoms with van der Waals surface area (Å²) in [6.45, 7) is 8.56. The molecule has 46 heavy (non-hydrogen) atoms. The highest BCUT2D eigenvalue weighted by atomic mass is 16.6. The maximum atomic E-state index is 13.0. The summed E-state index contributed by atoms with van der Waals surface area (Å²) in [4.78, 5) is 29.4. The number of carbonyl (C=O) groups excluding carboxylic acids is 1. The molecule has 0 spiro atoms. The lowest BCUT2D eigenvalue weighted by molar-refractivity contribution is -0.0359. The summed E-state index contributed by atoms with van der Waals surface area (Å²) in [6, 6.07) is 25.2. The van der Waals surface area contributed by atoms with Gasteiger partial charge in [0, 0.05) is 36.0 Å². The van der Waals surface area contributed by atoms with E-state index in [1.165, 1.54) is 6.07 Å². The minimum atomic E-state index is -0.580. The van der Waals surface area contributed by atoms with Crippen LogP contribution in [0.5, 0.6) is 11.5 Å².